The number of nitrogens with zero attached hydrogens (tertiary/aromatic N) is 1. The molecule has 1 saturated heterocycles. The fraction of sp³-hybridized carbons (Fsp3) is 1.00. The molecule has 5 heteroatoms. The van der Waals surface area contributed by atoms with E-state index in [1.165, 1.54) is 0 Å². The molecule has 1 unspecified atom stereocenters. The van der Waals surface area contributed by atoms with Crippen LogP contribution in [0.15, 0.2) is 0 Å². The molecule has 0 saturated carbocycles. The van der Waals surface area contributed by atoms with Crippen molar-refractivity contribution in [2.75, 3.05) is 37.7 Å². The van der Waals surface area contributed by atoms with E-state index in [9.17, 15) is 8.42 Å². The Morgan fingerprint density at radius 1 is 1.40 bits per heavy atom. The molecule has 0 aromatic heterocycles. The van der Waals surface area contributed by atoms with Crippen LogP contribution in [0.2, 0.25) is 0 Å². The molecule has 1 fully saturated rings. The van der Waals surface area contributed by atoms with Crippen LogP contribution in [0.5, 0.6) is 0 Å². The quantitative estimate of drug-likeness (QED) is 0.708. The normalized spacial score (nSPS) is 22.5. The van der Waals surface area contributed by atoms with Crippen LogP contribution in [0, 0.1) is 0 Å². The van der Waals surface area contributed by atoms with Crippen molar-refractivity contribution >= 4 is 9.84 Å². The smallest absolute Gasteiger partial charge is 0.151 e. The van der Waals surface area contributed by atoms with Crippen LogP contribution in [-0.2, 0) is 9.84 Å². The molecule has 1 rings (SSSR count). The lowest BCUT2D eigenvalue weighted by Crippen LogP contribution is -2.39. The van der Waals surface area contributed by atoms with Gasteiger partial charge in [-0.3, -0.25) is 4.90 Å². The minimum absolute atomic E-state index is 0.257. The largest absolute Gasteiger partial charge is 0.315 e. The highest BCUT2D eigenvalue weighted by Gasteiger charge is 2.22. The lowest BCUT2D eigenvalue weighted by Gasteiger charge is -2.26. The summed E-state index contributed by atoms with van der Waals surface area (Å²) >= 11 is 0. The molecule has 0 spiro atoms. The summed E-state index contributed by atoms with van der Waals surface area (Å²) in [7, 11) is -2.82. The zero-order chi connectivity index (χ0) is 11.3. The summed E-state index contributed by atoms with van der Waals surface area (Å²) in [6, 6.07) is 0.530. The predicted octanol–water partition coefficient (Wildman–Crippen LogP) is 0.105. The van der Waals surface area contributed by atoms with Crippen LogP contribution in [0.25, 0.3) is 0 Å². The summed E-state index contributed by atoms with van der Waals surface area (Å²) in [6.45, 7) is 7.48. The zero-order valence-electron chi connectivity index (χ0n) is 9.70. The number of hydrogen-bond acceptors (Lipinski definition) is 4. The average Bonchev–Trinajstić information content (AvgIpc) is 2.72. The third-order valence-electron chi connectivity index (χ3n) is 3.09. The van der Waals surface area contributed by atoms with Gasteiger partial charge in [0.15, 0.2) is 9.84 Å². The molecule has 0 aromatic carbocycles. The van der Waals surface area contributed by atoms with Crippen LogP contribution < -0.4 is 5.32 Å². The van der Waals surface area contributed by atoms with Gasteiger partial charge in [0.1, 0.15) is 0 Å². The summed E-state index contributed by atoms with van der Waals surface area (Å²) in [5, 5.41) is 3.31. The molecule has 1 atom stereocenters. The summed E-state index contributed by atoms with van der Waals surface area (Å²) < 4.78 is 22.8. The molecule has 0 aromatic rings. The minimum atomic E-state index is -2.82. The van der Waals surface area contributed by atoms with Crippen LogP contribution in [-0.4, -0.2) is 57.0 Å². The van der Waals surface area contributed by atoms with E-state index in [-0.39, 0.29) is 5.75 Å². The Morgan fingerprint density at radius 2 is 2.13 bits per heavy atom. The van der Waals surface area contributed by atoms with E-state index >= 15 is 0 Å². The Hall–Kier alpha value is -0.130. The first-order valence-corrected chi connectivity index (χ1v) is 7.56. The maximum Gasteiger partial charge on any atom is 0.151 e. The topological polar surface area (TPSA) is 49.4 Å². The van der Waals surface area contributed by atoms with E-state index in [1.54, 1.807) is 6.92 Å². The number of hydrogen-bond donors (Lipinski definition) is 1. The molecule has 1 heterocycles. The molecule has 1 aliphatic rings. The Balaban J connectivity index is 2.40. The third kappa shape index (κ3) is 4.09. The number of likely N-dealkylation sites (N-methyl/N-ethyl adjacent to an activating group) is 1. The van der Waals surface area contributed by atoms with Gasteiger partial charge in [0, 0.05) is 24.9 Å². The highest BCUT2D eigenvalue weighted by atomic mass is 32.2. The van der Waals surface area contributed by atoms with Crippen LogP contribution in [0.1, 0.15) is 20.3 Å². The summed E-state index contributed by atoms with van der Waals surface area (Å²) in [5.41, 5.74) is 0. The van der Waals surface area contributed by atoms with Crippen LogP contribution >= 0.6 is 0 Å². The summed E-state index contributed by atoms with van der Waals surface area (Å²) in [6.07, 6.45) is 1.14. The number of sulfone groups is 1. The van der Waals surface area contributed by atoms with Gasteiger partial charge in [-0.2, -0.15) is 0 Å². The third-order valence-corrected chi connectivity index (χ3v) is 4.77. The first-order chi connectivity index (χ1) is 7.09. The van der Waals surface area contributed by atoms with Crippen molar-refractivity contribution in [2.24, 2.45) is 0 Å². The first kappa shape index (κ1) is 12.9. The second-order valence-electron chi connectivity index (χ2n) is 4.01. The van der Waals surface area contributed by atoms with E-state index in [0.717, 1.165) is 26.1 Å². The van der Waals surface area contributed by atoms with Gasteiger partial charge in [-0.1, -0.05) is 13.8 Å². The van der Waals surface area contributed by atoms with Crippen molar-refractivity contribution in [3.8, 4) is 0 Å². The van der Waals surface area contributed by atoms with Gasteiger partial charge >= 0.3 is 0 Å². The highest BCUT2D eigenvalue weighted by molar-refractivity contribution is 7.91. The van der Waals surface area contributed by atoms with Gasteiger partial charge in [0.2, 0.25) is 0 Å². The molecule has 1 N–H and O–H groups in total. The van der Waals surface area contributed by atoms with Gasteiger partial charge in [-0.15, -0.1) is 0 Å². The van der Waals surface area contributed by atoms with Crippen molar-refractivity contribution < 1.29 is 8.42 Å². The standard InChI is InChI=1S/C10H22N2O2S/c1-3-12(10-5-6-11-9-10)7-8-15(13,14)4-2/h10-11H,3-9H2,1-2H3. The Kier molecular flexibility index (Phi) is 5.02. The maximum atomic E-state index is 11.4. The molecule has 0 radical (unpaired) electrons. The fourth-order valence-electron chi connectivity index (χ4n) is 1.95. The Bertz CT molecular complexity index is 271. The maximum absolute atomic E-state index is 11.4. The lowest BCUT2D eigenvalue weighted by molar-refractivity contribution is 0.232. The van der Waals surface area contributed by atoms with E-state index in [2.05, 4.69) is 17.1 Å². The molecule has 0 aliphatic carbocycles. The van der Waals surface area contributed by atoms with E-state index in [1.807, 2.05) is 0 Å². The molecule has 0 amide bonds. The van der Waals surface area contributed by atoms with Gasteiger partial charge in [0.05, 0.1) is 5.75 Å². The van der Waals surface area contributed by atoms with Crippen molar-refractivity contribution in [1.29, 1.82) is 0 Å². The van der Waals surface area contributed by atoms with Gasteiger partial charge in [0.25, 0.3) is 0 Å². The number of rotatable bonds is 6. The second kappa shape index (κ2) is 5.82. The molecule has 90 valence electrons. The second-order valence-corrected chi connectivity index (χ2v) is 6.48. The molecule has 15 heavy (non-hydrogen) atoms. The highest BCUT2D eigenvalue weighted by Crippen LogP contribution is 2.08. The monoisotopic (exact) mass is 234 g/mol. The van der Waals surface area contributed by atoms with E-state index in [4.69, 9.17) is 0 Å². The van der Waals surface area contributed by atoms with E-state index in [0.29, 0.717) is 18.3 Å². The van der Waals surface area contributed by atoms with Crippen molar-refractivity contribution in [1.82, 2.24) is 10.2 Å². The summed E-state index contributed by atoms with van der Waals surface area (Å²) in [4.78, 5) is 2.27. The molecular weight excluding hydrogens is 212 g/mol. The van der Waals surface area contributed by atoms with Crippen LogP contribution in [0.3, 0.4) is 0 Å². The fourth-order valence-corrected chi connectivity index (χ4v) is 2.75. The summed E-state index contributed by atoms with van der Waals surface area (Å²) in [5.74, 6) is 0.557. The first-order valence-electron chi connectivity index (χ1n) is 5.74. The average molecular weight is 234 g/mol. The van der Waals surface area contributed by atoms with E-state index < -0.39 is 9.84 Å². The SMILES string of the molecule is CCN(CCS(=O)(=O)CC)C1CCNC1. The lowest BCUT2D eigenvalue weighted by atomic mass is 10.2. The molecule has 4 nitrogen and oxygen atoms in total. The number of nitrogens with one attached hydrogen (secondary N) is 1. The van der Waals surface area contributed by atoms with Crippen LogP contribution in [0.4, 0.5) is 0 Å². The molecule has 0 bridgehead atoms. The molecular formula is C10H22N2O2S. The van der Waals surface area contributed by atoms with Crippen molar-refractivity contribution in [3.05, 3.63) is 0 Å². The van der Waals surface area contributed by atoms with Crippen molar-refractivity contribution in [3.63, 3.8) is 0 Å². The van der Waals surface area contributed by atoms with Gasteiger partial charge in [-0.25, -0.2) is 8.42 Å². The predicted molar refractivity (Wildman–Crippen MR) is 62.8 cm³/mol. The minimum Gasteiger partial charge on any atom is -0.315 e. The van der Waals surface area contributed by atoms with Crippen molar-refractivity contribution in [2.45, 2.75) is 26.3 Å². The Morgan fingerprint density at radius 3 is 2.60 bits per heavy atom. The zero-order valence-corrected chi connectivity index (χ0v) is 10.5. The molecule has 1 aliphatic heterocycles. The Labute approximate surface area is 93.0 Å². The van der Waals surface area contributed by atoms with Gasteiger partial charge in [-0.05, 0) is 19.5 Å². The van der Waals surface area contributed by atoms with Gasteiger partial charge < -0.3 is 5.32 Å².